The van der Waals surface area contributed by atoms with E-state index < -0.39 is 0 Å². The molecule has 0 atom stereocenters. The van der Waals surface area contributed by atoms with Crippen LogP contribution < -0.4 is 0 Å². The zero-order valence-corrected chi connectivity index (χ0v) is 17.0. The molecule has 150 valence electrons. The molecule has 1 aromatic heterocycles. The van der Waals surface area contributed by atoms with Crippen LogP contribution in [0.1, 0.15) is 31.7 Å². The van der Waals surface area contributed by atoms with Crippen LogP contribution in [-0.2, 0) is 0 Å². The van der Waals surface area contributed by atoms with Gasteiger partial charge in [0.1, 0.15) is 11.6 Å². The third kappa shape index (κ3) is 4.38. The van der Waals surface area contributed by atoms with Crippen LogP contribution in [0.25, 0.3) is 0 Å². The highest BCUT2D eigenvalue weighted by molar-refractivity contribution is 7.13. The van der Waals surface area contributed by atoms with Gasteiger partial charge in [0.2, 0.25) is 0 Å². The molecule has 0 radical (unpaired) electrons. The summed E-state index contributed by atoms with van der Waals surface area (Å²) in [5, 5.41) is 0. The van der Waals surface area contributed by atoms with Gasteiger partial charge in [-0.3, -0.25) is 9.69 Å². The molecule has 6 heteroatoms. The lowest BCUT2D eigenvalue weighted by molar-refractivity contribution is 0.0602. The average Bonchev–Trinajstić information content (AvgIpc) is 3.17. The van der Waals surface area contributed by atoms with Crippen molar-refractivity contribution in [3.63, 3.8) is 0 Å². The summed E-state index contributed by atoms with van der Waals surface area (Å²) in [4.78, 5) is 18.8. The van der Waals surface area contributed by atoms with E-state index in [4.69, 9.17) is 0 Å². The minimum atomic E-state index is -0.284. The molecule has 3 aromatic rings. The molecule has 1 fully saturated rings. The van der Waals surface area contributed by atoms with Gasteiger partial charge < -0.3 is 4.90 Å². The van der Waals surface area contributed by atoms with Crippen molar-refractivity contribution in [2.75, 3.05) is 26.2 Å². The van der Waals surface area contributed by atoms with E-state index in [9.17, 15) is 13.6 Å². The molecule has 2 aromatic carbocycles. The maximum atomic E-state index is 13.4. The van der Waals surface area contributed by atoms with E-state index in [-0.39, 0.29) is 23.6 Å². The van der Waals surface area contributed by atoms with Crippen LogP contribution in [0.15, 0.2) is 60.7 Å². The van der Waals surface area contributed by atoms with Crippen molar-refractivity contribution in [1.82, 2.24) is 9.80 Å². The van der Waals surface area contributed by atoms with Crippen molar-refractivity contribution in [1.29, 1.82) is 0 Å². The second kappa shape index (κ2) is 8.43. The van der Waals surface area contributed by atoms with Crippen LogP contribution in [0.3, 0.4) is 0 Å². The topological polar surface area (TPSA) is 23.6 Å². The normalized spacial score (nSPS) is 15.1. The Kier molecular flexibility index (Phi) is 5.74. The second-order valence-electron chi connectivity index (χ2n) is 7.24. The fourth-order valence-electron chi connectivity index (χ4n) is 3.79. The van der Waals surface area contributed by atoms with E-state index >= 15 is 0 Å². The standard InChI is InChI=1S/C23H22F2N2OS/c1-16-2-11-21(29-16)23(28)27-14-12-26(13-15-27)22(17-3-7-19(24)8-4-17)18-5-9-20(25)10-6-18/h2-11,22H,12-15H2,1H3. The fourth-order valence-corrected chi connectivity index (χ4v) is 4.63. The second-order valence-corrected chi connectivity index (χ2v) is 8.53. The first-order valence-electron chi connectivity index (χ1n) is 9.62. The van der Waals surface area contributed by atoms with Gasteiger partial charge in [0, 0.05) is 31.1 Å². The van der Waals surface area contributed by atoms with E-state index in [1.807, 2.05) is 24.0 Å². The van der Waals surface area contributed by atoms with Crippen molar-refractivity contribution >= 4 is 17.2 Å². The Labute approximate surface area is 173 Å². The van der Waals surface area contributed by atoms with Crippen LogP contribution in [0.5, 0.6) is 0 Å². The highest BCUT2D eigenvalue weighted by atomic mass is 32.1. The summed E-state index contributed by atoms with van der Waals surface area (Å²) in [7, 11) is 0. The number of benzene rings is 2. The van der Waals surface area contributed by atoms with E-state index in [0.717, 1.165) is 20.9 Å². The molecule has 1 saturated heterocycles. The molecule has 1 aliphatic heterocycles. The molecule has 29 heavy (non-hydrogen) atoms. The van der Waals surface area contributed by atoms with Crippen molar-refractivity contribution < 1.29 is 13.6 Å². The predicted octanol–water partition coefficient (Wildman–Crippen LogP) is 4.88. The van der Waals surface area contributed by atoms with Crippen molar-refractivity contribution in [2.45, 2.75) is 13.0 Å². The van der Waals surface area contributed by atoms with E-state index in [1.165, 1.54) is 35.6 Å². The van der Waals surface area contributed by atoms with Crippen LogP contribution in [0.4, 0.5) is 8.78 Å². The van der Waals surface area contributed by atoms with E-state index in [0.29, 0.717) is 26.2 Å². The predicted molar refractivity (Wildman–Crippen MR) is 111 cm³/mol. The van der Waals surface area contributed by atoms with Crippen LogP contribution >= 0.6 is 11.3 Å². The monoisotopic (exact) mass is 412 g/mol. The first-order chi connectivity index (χ1) is 14.0. The molecule has 0 bridgehead atoms. The number of amides is 1. The van der Waals surface area contributed by atoms with Gasteiger partial charge in [-0.15, -0.1) is 11.3 Å². The highest BCUT2D eigenvalue weighted by Gasteiger charge is 2.29. The Bertz CT molecular complexity index is 931. The molecular weight excluding hydrogens is 390 g/mol. The van der Waals surface area contributed by atoms with Gasteiger partial charge in [-0.05, 0) is 54.4 Å². The Morgan fingerprint density at radius 3 is 1.79 bits per heavy atom. The molecule has 1 aliphatic rings. The molecular formula is C23H22F2N2OS. The Morgan fingerprint density at radius 2 is 1.34 bits per heavy atom. The number of aryl methyl sites for hydroxylation is 1. The smallest absolute Gasteiger partial charge is 0.264 e. The van der Waals surface area contributed by atoms with Gasteiger partial charge in [0.25, 0.3) is 5.91 Å². The molecule has 0 aliphatic carbocycles. The maximum Gasteiger partial charge on any atom is 0.264 e. The first-order valence-corrected chi connectivity index (χ1v) is 10.4. The Balaban J connectivity index is 1.54. The van der Waals surface area contributed by atoms with Crippen molar-refractivity contribution in [2.24, 2.45) is 0 Å². The van der Waals surface area contributed by atoms with Crippen LogP contribution in [0.2, 0.25) is 0 Å². The number of hydrogen-bond donors (Lipinski definition) is 0. The summed E-state index contributed by atoms with van der Waals surface area (Å²) < 4.78 is 26.9. The summed E-state index contributed by atoms with van der Waals surface area (Å²) in [5.74, 6) is -0.496. The van der Waals surface area contributed by atoms with Crippen molar-refractivity contribution in [3.8, 4) is 0 Å². The van der Waals surface area contributed by atoms with Crippen LogP contribution in [0, 0.1) is 18.6 Å². The molecule has 1 amide bonds. The van der Waals surface area contributed by atoms with Gasteiger partial charge in [-0.2, -0.15) is 0 Å². The molecule has 4 rings (SSSR count). The number of nitrogens with zero attached hydrogens (tertiary/aromatic N) is 2. The summed E-state index contributed by atoms with van der Waals surface area (Å²) in [6.45, 7) is 4.61. The number of piperazine rings is 1. The minimum absolute atomic E-state index is 0.0721. The maximum absolute atomic E-state index is 13.4. The number of thiophene rings is 1. The third-order valence-corrected chi connectivity index (χ3v) is 6.28. The SMILES string of the molecule is Cc1ccc(C(=O)N2CCN(C(c3ccc(F)cc3)c3ccc(F)cc3)CC2)s1. The Morgan fingerprint density at radius 1 is 0.828 bits per heavy atom. The Hall–Kier alpha value is -2.57. The molecule has 0 spiro atoms. The largest absolute Gasteiger partial charge is 0.335 e. The zero-order chi connectivity index (χ0) is 20.4. The summed E-state index contributed by atoms with van der Waals surface area (Å²) in [5.41, 5.74) is 1.90. The molecule has 3 nitrogen and oxygen atoms in total. The van der Waals surface area contributed by atoms with Crippen molar-refractivity contribution in [3.05, 3.63) is 93.2 Å². The fraction of sp³-hybridized carbons (Fsp3) is 0.261. The number of hydrogen-bond acceptors (Lipinski definition) is 3. The molecule has 2 heterocycles. The van der Waals surface area contributed by atoms with Gasteiger partial charge in [0.05, 0.1) is 10.9 Å². The summed E-state index contributed by atoms with van der Waals surface area (Å²) in [6, 6.07) is 16.6. The molecule has 0 N–H and O–H groups in total. The average molecular weight is 413 g/mol. The lowest BCUT2D eigenvalue weighted by Gasteiger charge is -2.39. The quantitative estimate of drug-likeness (QED) is 0.610. The summed E-state index contributed by atoms with van der Waals surface area (Å²) in [6.07, 6.45) is 0. The summed E-state index contributed by atoms with van der Waals surface area (Å²) >= 11 is 1.52. The van der Waals surface area contributed by atoms with Gasteiger partial charge in [-0.25, -0.2) is 8.78 Å². The van der Waals surface area contributed by atoms with E-state index in [2.05, 4.69) is 4.90 Å². The van der Waals surface area contributed by atoms with Crippen LogP contribution in [-0.4, -0.2) is 41.9 Å². The molecule has 0 saturated carbocycles. The first kappa shape index (κ1) is 19.7. The lowest BCUT2D eigenvalue weighted by Crippen LogP contribution is -2.49. The van der Waals surface area contributed by atoms with Gasteiger partial charge >= 0.3 is 0 Å². The molecule has 0 unspecified atom stereocenters. The zero-order valence-electron chi connectivity index (χ0n) is 16.1. The highest BCUT2D eigenvalue weighted by Crippen LogP contribution is 2.30. The van der Waals surface area contributed by atoms with Gasteiger partial charge in [0.15, 0.2) is 0 Å². The number of rotatable bonds is 4. The number of carbonyl (C=O) groups excluding carboxylic acids is 1. The minimum Gasteiger partial charge on any atom is -0.335 e. The third-order valence-electron chi connectivity index (χ3n) is 5.29. The number of halogens is 2. The lowest BCUT2D eigenvalue weighted by atomic mass is 9.96. The van der Waals surface area contributed by atoms with Gasteiger partial charge in [-0.1, -0.05) is 24.3 Å². The van der Waals surface area contributed by atoms with E-state index in [1.54, 1.807) is 24.3 Å². The number of carbonyl (C=O) groups is 1.